The van der Waals surface area contributed by atoms with Gasteiger partial charge < -0.3 is 5.11 Å². The zero-order chi connectivity index (χ0) is 10.7. The van der Waals surface area contributed by atoms with E-state index in [2.05, 4.69) is 0 Å². The van der Waals surface area contributed by atoms with Gasteiger partial charge in [0.2, 0.25) is 6.04 Å². The highest BCUT2D eigenvalue weighted by Crippen LogP contribution is 2.20. The third-order valence-corrected chi connectivity index (χ3v) is 2.25. The van der Waals surface area contributed by atoms with E-state index < -0.39 is 17.1 Å². The summed E-state index contributed by atoms with van der Waals surface area (Å²) in [6, 6.07) is 5.32. The van der Waals surface area contributed by atoms with E-state index in [1.807, 2.05) is 0 Å². The molecular formula is C9H10ClNO3. The van der Waals surface area contributed by atoms with Crippen LogP contribution in [-0.2, 0) is 0 Å². The number of aliphatic hydroxyl groups excluding tert-OH is 1. The lowest BCUT2D eigenvalue weighted by atomic mass is 10.0. The first-order valence-electron chi connectivity index (χ1n) is 4.09. The van der Waals surface area contributed by atoms with Gasteiger partial charge in [-0.15, -0.1) is 0 Å². The van der Waals surface area contributed by atoms with Crippen molar-refractivity contribution in [1.82, 2.24) is 0 Å². The number of halogens is 1. The monoisotopic (exact) mass is 215 g/mol. The Morgan fingerprint density at radius 1 is 1.43 bits per heavy atom. The molecule has 14 heavy (non-hydrogen) atoms. The minimum absolute atomic E-state index is 0.499. The van der Waals surface area contributed by atoms with Crippen LogP contribution in [0, 0.1) is 10.1 Å². The molecule has 4 nitrogen and oxygen atoms in total. The maximum absolute atomic E-state index is 10.4. The molecule has 0 radical (unpaired) electrons. The molecule has 0 aliphatic carbocycles. The number of aliphatic hydroxyl groups is 1. The molecule has 0 amide bonds. The molecule has 0 saturated carbocycles. The SMILES string of the molecule is C[C@H]([C@@H](O)c1ccc(Cl)cc1)[N+](=O)[O-]. The van der Waals surface area contributed by atoms with Crippen LogP contribution in [0.2, 0.25) is 5.02 Å². The van der Waals surface area contributed by atoms with E-state index >= 15 is 0 Å². The zero-order valence-corrected chi connectivity index (χ0v) is 8.31. The fourth-order valence-electron chi connectivity index (χ4n) is 1.05. The first-order chi connectivity index (χ1) is 6.52. The largest absolute Gasteiger partial charge is 0.381 e. The number of benzene rings is 1. The van der Waals surface area contributed by atoms with Gasteiger partial charge in [-0.05, 0) is 17.7 Å². The number of hydrogen-bond donors (Lipinski definition) is 1. The molecule has 5 heteroatoms. The molecule has 0 aromatic heterocycles. The van der Waals surface area contributed by atoms with Gasteiger partial charge in [-0.2, -0.15) is 0 Å². The van der Waals surface area contributed by atoms with Crippen LogP contribution in [0.5, 0.6) is 0 Å². The fourth-order valence-corrected chi connectivity index (χ4v) is 1.18. The van der Waals surface area contributed by atoms with Crippen molar-refractivity contribution >= 4 is 11.6 Å². The van der Waals surface area contributed by atoms with Crippen molar-refractivity contribution in [1.29, 1.82) is 0 Å². The van der Waals surface area contributed by atoms with Crippen LogP contribution in [0.1, 0.15) is 18.6 Å². The van der Waals surface area contributed by atoms with Gasteiger partial charge in [-0.3, -0.25) is 10.1 Å². The van der Waals surface area contributed by atoms with E-state index in [-0.39, 0.29) is 0 Å². The highest BCUT2D eigenvalue weighted by molar-refractivity contribution is 6.30. The molecule has 0 spiro atoms. The Kier molecular flexibility index (Phi) is 3.43. The first-order valence-corrected chi connectivity index (χ1v) is 4.47. The molecule has 0 heterocycles. The first kappa shape index (κ1) is 10.9. The second-order valence-electron chi connectivity index (χ2n) is 3.02. The van der Waals surface area contributed by atoms with Crippen LogP contribution in [0.25, 0.3) is 0 Å². The van der Waals surface area contributed by atoms with Gasteiger partial charge in [-0.1, -0.05) is 23.7 Å². The normalized spacial score (nSPS) is 14.8. The van der Waals surface area contributed by atoms with Crippen molar-refractivity contribution in [2.24, 2.45) is 0 Å². The third-order valence-electron chi connectivity index (χ3n) is 2.00. The summed E-state index contributed by atoms with van der Waals surface area (Å²) in [5.41, 5.74) is 0.499. The molecule has 1 aromatic carbocycles. The highest BCUT2D eigenvalue weighted by atomic mass is 35.5. The van der Waals surface area contributed by atoms with E-state index in [4.69, 9.17) is 11.6 Å². The van der Waals surface area contributed by atoms with Gasteiger partial charge in [0.25, 0.3) is 0 Å². The molecule has 0 aliphatic rings. The molecule has 1 N–H and O–H groups in total. The predicted molar refractivity (Wildman–Crippen MR) is 52.9 cm³/mol. The Balaban J connectivity index is 2.84. The molecule has 0 aliphatic heterocycles. The Hall–Kier alpha value is -1.13. The van der Waals surface area contributed by atoms with Crippen molar-refractivity contribution in [3.8, 4) is 0 Å². The number of nitro groups is 1. The van der Waals surface area contributed by atoms with Crippen molar-refractivity contribution < 1.29 is 10.0 Å². The van der Waals surface area contributed by atoms with E-state index in [9.17, 15) is 15.2 Å². The summed E-state index contributed by atoms with van der Waals surface area (Å²) in [5.74, 6) is 0. The average molecular weight is 216 g/mol. The number of hydrogen-bond acceptors (Lipinski definition) is 3. The van der Waals surface area contributed by atoms with Gasteiger partial charge in [0.05, 0.1) is 0 Å². The summed E-state index contributed by atoms with van der Waals surface area (Å²) in [4.78, 5) is 9.89. The smallest absolute Gasteiger partial charge is 0.239 e. The van der Waals surface area contributed by atoms with Gasteiger partial charge in [-0.25, -0.2) is 0 Å². The zero-order valence-electron chi connectivity index (χ0n) is 7.55. The quantitative estimate of drug-likeness (QED) is 0.620. The minimum Gasteiger partial charge on any atom is -0.381 e. The molecular weight excluding hydrogens is 206 g/mol. The van der Waals surface area contributed by atoms with Gasteiger partial charge in [0.15, 0.2) is 0 Å². The molecule has 1 aromatic rings. The molecule has 0 saturated heterocycles. The highest BCUT2D eigenvalue weighted by Gasteiger charge is 2.25. The lowest BCUT2D eigenvalue weighted by molar-refractivity contribution is -0.531. The van der Waals surface area contributed by atoms with E-state index in [0.29, 0.717) is 10.6 Å². The van der Waals surface area contributed by atoms with Gasteiger partial charge in [0.1, 0.15) is 6.10 Å². The van der Waals surface area contributed by atoms with Crippen molar-refractivity contribution in [2.45, 2.75) is 19.1 Å². The third kappa shape index (κ3) is 2.43. The van der Waals surface area contributed by atoms with Crippen molar-refractivity contribution in [3.63, 3.8) is 0 Å². The molecule has 1 rings (SSSR count). The Bertz CT molecular complexity index is 325. The van der Waals surface area contributed by atoms with Crippen LogP contribution < -0.4 is 0 Å². The molecule has 2 atom stereocenters. The van der Waals surface area contributed by atoms with Crippen molar-refractivity contribution in [2.75, 3.05) is 0 Å². The topological polar surface area (TPSA) is 63.4 Å². The van der Waals surface area contributed by atoms with Crippen LogP contribution in [0.15, 0.2) is 24.3 Å². The number of rotatable bonds is 3. The maximum atomic E-state index is 10.4. The molecule has 0 bridgehead atoms. The fraction of sp³-hybridized carbons (Fsp3) is 0.333. The van der Waals surface area contributed by atoms with Crippen LogP contribution >= 0.6 is 11.6 Å². The Morgan fingerprint density at radius 3 is 2.36 bits per heavy atom. The van der Waals surface area contributed by atoms with Crippen LogP contribution in [0.3, 0.4) is 0 Å². The molecule has 0 unspecified atom stereocenters. The summed E-state index contributed by atoms with van der Waals surface area (Å²) < 4.78 is 0. The molecule has 0 fully saturated rings. The summed E-state index contributed by atoms with van der Waals surface area (Å²) in [6.07, 6.45) is -1.10. The summed E-state index contributed by atoms with van der Waals surface area (Å²) in [7, 11) is 0. The summed E-state index contributed by atoms with van der Waals surface area (Å²) in [6.45, 7) is 1.36. The van der Waals surface area contributed by atoms with Crippen LogP contribution in [0.4, 0.5) is 0 Å². The predicted octanol–water partition coefficient (Wildman–Crippen LogP) is 2.04. The Morgan fingerprint density at radius 2 is 1.93 bits per heavy atom. The average Bonchev–Trinajstić information content (AvgIpc) is 2.16. The second-order valence-corrected chi connectivity index (χ2v) is 3.46. The minimum atomic E-state index is -1.10. The van der Waals surface area contributed by atoms with Gasteiger partial charge >= 0.3 is 0 Å². The molecule has 76 valence electrons. The second kappa shape index (κ2) is 4.39. The maximum Gasteiger partial charge on any atom is 0.239 e. The standard InChI is InChI=1S/C9H10ClNO3/c1-6(11(13)14)9(12)7-2-4-8(10)5-3-7/h2-6,9,12H,1H3/t6-,9-/m1/s1. The summed E-state index contributed by atoms with van der Waals surface area (Å²) in [5, 5.41) is 20.5. The van der Waals surface area contributed by atoms with Crippen LogP contribution in [-0.4, -0.2) is 16.1 Å². The Labute approximate surface area is 86.3 Å². The van der Waals surface area contributed by atoms with E-state index in [1.165, 1.54) is 6.92 Å². The lowest BCUT2D eigenvalue weighted by Gasteiger charge is -2.12. The lowest BCUT2D eigenvalue weighted by Crippen LogP contribution is -2.23. The van der Waals surface area contributed by atoms with Crippen molar-refractivity contribution in [3.05, 3.63) is 45.0 Å². The summed E-state index contributed by atoms with van der Waals surface area (Å²) >= 11 is 5.64. The van der Waals surface area contributed by atoms with E-state index in [1.54, 1.807) is 24.3 Å². The van der Waals surface area contributed by atoms with Gasteiger partial charge in [0, 0.05) is 16.9 Å². The number of nitrogens with zero attached hydrogens (tertiary/aromatic N) is 1. The van der Waals surface area contributed by atoms with E-state index in [0.717, 1.165) is 0 Å².